The zero-order valence-corrected chi connectivity index (χ0v) is 13.4. The molecule has 0 spiro atoms. The molecule has 0 saturated carbocycles. The number of nitrogens with zero attached hydrogens (tertiary/aromatic N) is 1. The first-order chi connectivity index (χ1) is 10.1. The van der Waals surface area contributed by atoms with Crippen LogP contribution in [0.15, 0.2) is 36.4 Å². The maximum Gasteiger partial charge on any atom is 0.0337 e. The number of aryl methyl sites for hydroxylation is 2. The van der Waals surface area contributed by atoms with Gasteiger partial charge in [0, 0.05) is 31.7 Å². The highest BCUT2D eigenvalue weighted by Gasteiger charge is 2.26. The van der Waals surface area contributed by atoms with Crippen LogP contribution >= 0.6 is 0 Å². The van der Waals surface area contributed by atoms with Gasteiger partial charge in [0.1, 0.15) is 0 Å². The van der Waals surface area contributed by atoms with Crippen molar-refractivity contribution in [1.29, 1.82) is 0 Å². The third-order valence-electron chi connectivity index (χ3n) is 4.55. The predicted molar refractivity (Wildman–Crippen MR) is 90.1 cm³/mol. The average Bonchev–Trinajstić information content (AvgIpc) is 2.47. The van der Waals surface area contributed by atoms with E-state index in [4.69, 9.17) is 0 Å². The third-order valence-corrected chi connectivity index (χ3v) is 4.55. The van der Waals surface area contributed by atoms with E-state index in [1.165, 1.54) is 33.5 Å². The summed E-state index contributed by atoms with van der Waals surface area (Å²) in [6.07, 6.45) is 0. The molecule has 0 radical (unpaired) electrons. The Morgan fingerprint density at radius 2 is 1.81 bits per heavy atom. The van der Waals surface area contributed by atoms with E-state index in [1.54, 1.807) is 0 Å². The van der Waals surface area contributed by atoms with Gasteiger partial charge in [-0.2, -0.15) is 0 Å². The van der Waals surface area contributed by atoms with Crippen LogP contribution in [-0.4, -0.2) is 25.5 Å². The minimum Gasteiger partial charge on any atom is -0.388 e. The van der Waals surface area contributed by atoms with Gasteiger partial charge < -0.3 is 10.2 Å². The number of rotatable bonds is 2. The summed E-state index contributed by atoms with van der Waals surface area (Å²) in [7, 11) is 4.18. The van der Waals surface area contributed by atoms with Gasteiger partial charge in [0.05, 0.1) is 0 Å². The molecule has 0 aromatic heterocycles. The van der Waals surface area contributed by atoms with Crippen LogP contribution in [0.5, 0.6) is 0 Å². The Morgan fingerprint density at radius 3 is 2.48 bits per heavy atom. The van der Waals surface area contributed by atoms with Crippen molar-refractivity contribution >= 4 is 5.69 Å². The van der Waals surface area contributed by atoms with E-state index in [2.05, 4.69) is 67.5 Å². The van der Waals surface area contributed by atoms with Crippen LogP contribution in [-0.2, 0) is 6.54 Å². The molecule has 2 heteroatoms. The van der Waals surface area contributed by atoms with Gasteiger partial charge in [0.2, 0.25) is 0 Å². The summed E-state index contributed by atoms with van der Waals surface area (Å²) in [5, 5.41) is 3.19. The van der Waals surface area contributed by atoms with Crippen LogP contribution in [0.25, 0.3) is 0 Å². The molecule has 1 atom stereocenters. The van der Waals surface area contributed by atoms with Gasteiger partial charge in [-0.15, -0.1) is 0 Å². The highest BCUT2D eigenvalue weighted by Crippen LogP contribution is 2.35. The van der Waals surface area contributed by atoms with Crippen molar-refractivity contribution in [1.82, 2.24) is 4.90 Å². The zero-order valence-electron chi connectivity index (χ0n) is 13.4. The van der Waals surface area contributed by atoms with E-state index in [-0.39, 0.29) is 0 Å². The van der Waals surface area contributed by atoms with Gasteiger partial charge >= 0.3 is 0 Å². The SMILES string of the molecule is CNc1ccc(C2CN(C)Cc3c(C)cc(C)cc32)cc1. The van der Waals surface area contributed by atoms with Crippen molar-refractivity contribution in [3.8, 4) is 0 Å². The predicted octanol–water partition coefficient (Wildman–Crippen LogP) is 3.92. The summed E-state index contributed by atoms with van der Waals surface area (Å²) >= 11 is 0. The lowest BCUT2D eigenvalue weighted by Crippen LogP contribution is -2.31. The highest BCUT2D eigenvalue weighted by molar-refractivity contribution is 5.49. The first-order valence-electron chi connectivity index (χ1n) is 7.64. The number of fused-ring (bicyclic) bond motifs is 1. The summed E-state index contributed by atoms with van der Waals surface area (Å²) < 4.78 is 0. The molecular formula is C19H24N2. The largest absolute Gasteiger partial charge is 0.388 e. The fraction of sp³-hybridized carbons (Fsp3) is 0.368. The normalized spacial score (nSPS) is 18.4. The van der Waals surface area contributed by atoms with Crippen molar-refractivity contribution in [2.24, 2.45) is 0 Å². The highest BCUT2D eigenvalue weighted by atomic mass is 15.1. The van der Waals surface area contributed by atoms with Gasteiger partial charge in [-0.05, 0) is 55.3 Å². The summed E-state index contributed by atoms with van der Waals surface area (Å²) in [4.78, 5) is 2.43. The maximum atomic E-state index is 3.19. The summed E-state index contributed by atoms with van der Waals surface area (Å²) in [6.45, 7) is 6.60. The lowest BCUT2D eigenvalue weighted by molar-refractivity contribution is 0.294. The lowest BCUT2D eigenvalue weighted by atomic mass is 9.82. The summed E-state index contributed by atoms with van der Waals surface area (Å²) in [5.41, 5.74) is 8.40. The summed E-state index contributed by atoms with van der Waals surface area (Å²) in [5.74, 6) is 0.475. The Morgan fingerprint density at radius 1 is 1.10 bits per heavy atom. The first kappa shape index (κ1) is 14.2. The Bertz CT molecular complexity index is 643. The van der Waals surface area contributed by atoms with Gasteiger partial charge in [-0.25, -0.2) is 0 Å². The molecule has 1 N–H and O–H groups in total. The second-order valence-electron chi connectivity index (χ2n) is 6.27. The minimum atomic E-state index is 0.475. The lowest BCUT2D eigenvalue weighted by Gasteiger charge is -2.34. The molecule has 0 bridgehead atoms. The van der Waals surface area contributed by atoms with E-state index >= 15 is 0 Å². The molecule has 110 valence electrons. The monoisotopic (exact) mass is 280 g/mol. The number of anilines is 1. The Hall–Kier alpha value is -1.80. The van der Waals surface area contributed by atoms with Crippen LogP contribution in [0.2, 0.25) is 0 Å². The molecule has 1 unspecified atom stereocenters. The molecule has 1 heterocycles. The zero-order chi connectivity index (χ0) is 15.0. The van der Waals surface area contributed by atoms with Gasteiger partial charge in [-0.1, -0.05) is 29.8 Å². The fourth-order valence-electron chi connectivity index (χ4n) is 3.47. The molecule has 1 aliphatic rings. The minimum absolute atomic E-state index is 0.475. The quantitative estimate of drug-likeness (QED) is 0.897. The maximum absolute atomic E-state index is 3.19. The number of hydrogen-bond donors (Lipinski definition) is 1. The third kappa shape index (κ3) is 2.68. The van der Waals surface area contributed by atoms with Gasteiger partial charge in [0.25, 0.3) is 0 Å². The van der Waals surface area contributed by atoms with Crippen LogP contribution in [0.4, 0.5) is 5.69 Å². The fourth-order valence-corrected chi connectivity index (χ4v) is 3.47. The van der Waals surface area contributed by atoms with Crippen molar-refractivity contribution in [2.45, 2.75) is 26.3 Å². The molecule has 3 rings (SSSR count). The number of likely N-dealkylation sites (N-methyl/N-ethyl adjacent to an activating group) is 1. The van der Waals surface area contributed by atoms with Crippen LogP contribution < -0.4 is 5.32 Å². The van der Waals surface area contributed by atoms with Gasteiger partial charge in [-0.3, -0.25) is 0 Å². The van der Waals surface area contributed by atoms with E-state index < -0.39 is 0 Å². The van der Waals surface area contributed by atoms with Crippen LogP contribution in [0.3, 0.4) is 0 Å². The number of hydrogen-bond acceptors (Lipinski definition) is 2. The number of benzene rings is 2. The van der Waals surface area contributed by atoms with E-state index in [0.717, 1.165) is 13.1 Å². The molecule has 2 nitrogen and oxygen atoms in total. The molecular weight excluding hydrogens is 256 g/mol. The molecule has 0 fully saturated rings. The topological polar surface area (TPSA) is 15.3 Å². The second kappa shape index (κ2) is 5.53. The average molecular weight is 280 g/mol. The molecule has 2 aromatic carbocycles. The first-order valence-corrected chi connectivity index (χ1v) is 7.64. The van der Waals surface area contributed by atoms with Crippen LogP contribution in [0.1, 0.15) is 33.7 Å². The smallest absolute Gasteiger partial charge is 0.0337 e. The molecule has 2 aromatic rings. The molecule has 0 saturated heterocycles. The molecule has 1 aliphatic heterocycles. The van der Waals surface area contributed by atoms with E-state index in [1.807, 2.05) is 7.05 Å². The molecule has 0 amide bonds. The molecule has 0 aliphatic carbocycles. The standard InChI is InChI=1S/C19H24N2/c1-13-9-14(2)18-11-21(4)12-19(17(18)10-13)15-5-7-16(20-3)8-6-15/h5-10,19-20H,11-12H2,1-4H3. The second-order valence-corrected chi connectivity index (χ2v) is 6.27. The van der Waals surface area contributed by atoms with Crippen molar-refractivity contribution < 1.29 is 0 Å². The Balaban J connectivity index is 2.07. The van der Waals surface area contributed by atoms with E-state index in [9.17, 15) is 0 Å². The van der Waals surface area contributed by atoms with Crippen molar-refractivity contribution in [3.05, 3.63) is 64.2 Å². The number of nitrogens with one attached hydrogen (secondary N) is 1. The van der Waals surface area contributed by atoms with Gasteiger partial charge in [0.15, 0.2) is 0 Å². The van der Waals surface area contributed by atoms with Crippen LogP contribution in [0, 0.1) is 13.8 Å². The van der Waals surface area contributed by atoms with Crippen molar-refractivity contribution in [3.63, 3.8) is 0 Å². The van der Waals surface area contributed by atoms with Crippen molar-refractivity contribution in [2.75, 3.05) is 26.0 Å². The van der Waals surface area contributed by atoms with E-state index in [0.29, 0.717) is 5.92 Å². The summed E-state index contributed by atoms with van der Waals surface area (Å²) in [6, 6.07) is 13.6. The Labute approximate surface area is 127 Å². The molecule has 21 heavy (non-hydrogen) atoms. The Kier molecular flexibility index (Phi) is 3.73.